The van der Waals surface area contributed by atoms with Crippen LogP contribution in [0.15, 0.2) is 24.3 Å². The highest BCUT2D eigenvalue weighted by atomic mass is 16.6. The summed E-state index contributed by atoms with van der Waals surface area (Å²) in [5, 5.41) is 8.97. The molecule has 0 spiro atoms. The summed E-state index contributed by atoms with van der Waals surface area (Å²) >= 11 is 0. The van der Waals surface area contributed by atoms with Crippen molar-refractivity contribution in [3.63, 3.8) is 0 Å². The molecule has 20 heavy (non-hydrogen) atoms. The third kappa shape index (κ3) is 4.77. The maximum atomic E-state index is 11.5. The zero-order valence-corrected chi connectivity index (χ0v) is 11.4. The Bertz CT molecular complexity index is 476. The van der Waals surface area contributed by atoms with Gasteiger partial charge in [-0.15, -0.1) is 0 Å². The number of rotatable bonds is 5. The monoisotopic (exact) mass is 282 g/mol. The molecule has 1 atom stereocenters. The molecule has 0 aliphatic carbocycles. The molecular formula is C13H18N2O5. The molecule has 0 aliphatic heterocycles. The fourth-order valence-electron chi connectivity index (χ4n) is 1.52. The minimum Gasteiger partial charge on any atom is -0.441 e. The second-order valence-corrected chi connectivity index (χ2v) is 4.27. The Morgan fingerprint density at radius 3 is 2.65 bits per heavy atom. The molecule has 1 aromatic rings. The Labute approximate surface area is 116 Å². The van der Waals surface area contributed by atoms with Crippen molar-refractivity contribution < 1.29 is 24.2 Å². The van der Waals surface area contributed by atoms with Crippen molar-refractivity contribution in [2.45, 2.75) is 12.5 Å². The number of hydrogen-bond acceptors (Lipinski definition) is 5. The lowest BCUT2D eigenvalue weighted by Crippen LogP contribution is -2.25. The predicted octanol–water partition coefficient (Wildman–Crippen LogP) is 1.27. The van der Waals surface area contributed by atoms with Gasteiger partial charge in [-0.05, 0) is 17.7 Å². The number of benzene rings is 1. The molecule has 0 unspecified atom stereocenters. The van der Waals surface area contributed by atoms with E-state index in [1.807, 2.05) is 0 Å². The molecule has 0 fully saturated rings. The average Bonchev–Trinajstić information content (AvgIpc) is 2.38. The number of primary amides is 1. The molecule has 7 nitrogen and oxygen atoms in total. The summed E-state index contributed by atoms with van der Waals surface area (Å²) in [7, 11) is 3.13. The lowest BCUT2D eigenvalue weighted by Gasteiger charge is -2.17. The summed E-state index contributed by atoms with van der Waals surface area (Å²) in [6.07, 6.45) is -1.93. The van der Waals surface area contributed by atoms with Crippen LogP contribution in [0.1, 0.15) is 18.1 Å². The van der Waals surface area contributed by atoms with Gasteiger partial charge in [0, 0.05) is 27.1 Å². The molecule has 7 heteroatoms. The van der Waals surface area contributed by atoms with E-state index in [2.05, 4.69) is 0 Å². The third-order valence-electron chi connectivity index (χ3n) is 2.45. The van der Waals surface area contributed by atoms with Crippen LogP contribution in [0.2, 0.25) is 0 Å². The number of nitrogens with two attached hydrogens (primary N) is 1. The lowest BCUT2D eigenvalue weighted by atomic mass is 10.1. The van der Waals surface area contributed by atoms with Gasteiger partial charge in [-0.3, -0.25) is 0 Å². The first kappa shape index (κ1) is 15.8. The number of aliphatic hydroxyl groups excluding tert-OH is 1. The Kier molecular flexibility index (Phi) is 5.79. The summed E-state index contributed by atoms with van der Waals surface area (Å²) < 4.78 is 10.0. The van der Waals surface area contributed by atoms with Crippen molar-refractivity contribution in [1.29, 1.82) is 0 Å². The number of aliphatic hydroxyl groups is 1. The number of ether oxygens (including phenoxy) is 2. The van der Waals surface area contributed by atoms with Gasteiger partial charge in [0.2, 0.25) is 0 Å². The van der Waals surface area contributed by atoms with E-state index in [4.69, 9.17) is 20.3 Å². The Morgan fingerprint density at radius 1 is 1.40 bits per heavy atom. The zero-order valence-electron chi connectivity index (χ0n) is 11.4. The van der Waals surface area contributed by atoms with Gasteiger partial charge in [-0.2, -0.15) is 0 Å². The predicted molar refractivity (Wildman–Crippen MR) is 71.3 cm³/mol. The first-order valence-electron chi connectivity index (χ1n) is 6.00. The molecule has 0 saturated heterocycles. The van der Waals surface area contributed by atoms with Gasteiger partial charge in [-0.25, -0.2) is 9.59 Å². The zero-order chi connectivity index (χ0) is 15.1. The van der Waals surface area contributed by atoms with E-state index in [1.165, 1.54) is 4.90 Å². The smallest absolute Gasteiger partial charge is 0.414 e. The first-order valence-corrected chi connectivity index (χ1v) is 6.00. The Hall–Kier alpha value is -2.28. The van der Waals surface area contributed by atoms with E-state index >= 15 is 0 Å². The second-order valence-electron chi connectivity index (χ2n) is 4.27. The molecule has 0 bridgehead atoms. The van der Waals surface area contributed by atoms with Gasteiger partial charge in [0.25, 0.3) is 0 Å². The fraction of sp³-hybridized carbons (Fsp3) is 0.385. The summed E-state index contributed by atoms with van der Waals surface area (Å²) in [6, 6.07) is 6.51. The molecule has 0 saturated carbocycles. The Balaban J connectivity index is 2.88. The summed E-state index contributed by atoms with van der Waals surface area (Å²) in [5.74, 6) is 0.317. The molecule has 110 valence electrons. The fourth-order valence-corrected chi connectivity index (χ4v) is 1.52. The van der Waals surface area contributed by atoms with E-state index in [0.717, 1.165) is 0 Å². The van der Waals surface area contributed by atoms with E-state index in [-0.39, 0.29) is 13.0 Å². The molecule has 0 aliphatic rings. The van der Waals surface area contributed by atoms with Crippen LogP contribution in [0.5, 0.6) is 5.75 Å². The molecule has 2 amide bonds. The maximum absolute atomic E-state index is 11.5. The lowest BCUT2D eigenvalue weighted by molar-refractivity contribution is 0.0875. The molecule has 3 N–H and O–H groups in total. The van der Waals surface area contributed by atoms with Crippen LogP contribution in [0.3, 0.4) is 0 Å². The van der Waals surface area contributed by atoms with Gasteiger partial charge >= 0.3 is 12.2 Å². The SMILES string of the molecule is CN(C)C(=O)Oc1cccc([C@H](CCO)OC(N)=O)c1. The minimum absolute atomic E-state index is 0.167. The van der Waals surface area contributed by atoms with Crippen LogP contribution in [0.25, 0.3) is 0 Å². The topological polar surface area (TPSA) is 102 Å². The normalized spacial score (nSPS) is 11.6. The van der Waals surface area contributed by atoms with Crippen molar-refractivity contribution in [2.75, 3.05) is 20.7 Å². The summed E-state index contributed by atoms with van der Waals surface area (Å²) in [4.78, 5) is 23.6. The standard InChI is InChI=1S/C13H18N2O5/c1-15(2)13(18)19-10-5-3-4-9(8-10)11(6-7-16)20-12(14)17/h3-5,8,11,16H,6-7H2,1-2H3,(H2,14,17)/t11-/m0/s1. The number of carbonyl (C=O) groups is 2. The van der Waals surface area contributed by atoms with Gasteiger partial charge < -0.3 is 25.2 Å². The van der Waals surface area contributed by atoms with E-state index < -0.39 is 18.3 Å². The van der Waals surface area contributed by atoms with Crippen molar-refractivity contribution in [2.24, 2.45) is 5.73 Å². The van der Waals surface area contributed by atoms with Crippen molar-refractivity contribution >= 4 is 12.2 Å². The van der Waals surface area contributed by atoms with E-state index in [9.17, 15) is 9.59 Å². The van der Waals surface area contributed by atoms with Crippen molar-refractivity contribution in [3.05, 3.63) is 29.8 Å². The first-order chi connectivity index (χ1) is 9.43. The van der Waals surface area contributed by atoms with Crippen LogP contribution in [-0.2, 0) is 4.74 Å². The van der Waals surface area contributed by atoms with Crippen molar-refractivity contribution in [3.8, 4) is 5.75 Å². The van der Waals surface area contributed by atoms with E-state index in [1.54, 1.807) is 38.4 Å². The summed E-state index contributed by atoms with van der Waals surface area (Å²) in [5.41, 5.74) is 5.57. The number of nitrogens with zero attached hydrogens (tertiary/aromatic N) is 1. The number of amides is 2. The minimum atomic E-state index is -0.931. The Morgan fingerprint density at radius 2 is 2.10 bits per heavy atom. The van der Waals surface area contributed by atoms with Gasteiger partial charge in [0.05, 0.1) is 0 Å². The highest BCUT2D eigenvalue weighted by Gasteiger charge is 2.16. The van der Waals surface area contributed by atoms with Crippen LogP contribution in [0, 0.1) is 0 Å². The van der Waals surface area contributed by atoms with Crippen LogP contribution in [-0.4, -0.2) is 42.9 Å². The van der Waals surface area contributed by atoms with Crippen LogP contribution >= 0.6 is 0 Å². The van der Waals surface area contributed by atoms with Gasteiger partial charge in [0.1, 0.15) is 11.9 Å². The molecule has 1 rings (SSSR count). The van der Waals surface area contributed by atoms with Gasteiger partial charge in [0.15, 0.2) is 0 Å². The molecule has 0 heterocycles. The quantitative estimate of drug-likeness (QED) is 0.846. The molecule has 0 radical (unpaired) electrons. The van der Waals surface area contributed by atoms with Crippen molar-refractivity contribution in [1.82, 2.24) is 4.90 Å². The average molecular weight is 282 g/mol. The molecule has 1 aromatic carbocycles. The largest absolute Gasteiger partial charge is 0.441 e. The highest BCUT2D eigenvalue weighted by molar-refractivity contribution is 5.70. The second kappa shape index (κ2) is 7.34. The maximum Gasteiger partial charge on any atom is 0.414 e. The third-order valence-corrected chi connectivity index (χ3v) is 2.45. The van der Waals surface area contributed by atoms with E-state index in [0.29, 0.717) is 11.3 Å². The molecule has 0 aromatic heterocycles. The van der Waals surface area contributed by atoms with Crippen LogP contribution in [0.4, 0.5) is 9.59 Å². The summed E-state index contributed by atoms with van der Waals surface area (Å²) in [6.45, 7) is -0.167. The molecular weight excluding hydrogens is 264 g/mol. The van der Waals surface area contributed by atoms with Crippen LogP contribution < -0.4 is 10.5 Å². The number of carbonyl (C=O) groups excluding carboxylic acids is 2. The highest BCUT2D eigenvalue weighted by Crippen LogP contribution is 2.25. The van der Waals surface area contributed by atoms with Gasteiger partial charge in [-0.1, -0.05) is 12.1 Å². The number of hydrogen-bond donors (Lipinski definition) is 2.